The molecule has 0 saturated carbocycles. The molecule has 1 unspecified atom stereocenters. The van der Waals surface area contributed by atoms with E-state index >= 15 is 0 Å². The molecule has 1 saturated heterocycles. The third-order valence-electron chi connectivity index (χ3n) is 5.37. The number of hydrogen-bond donors (Lipinski definition) is 0. The van der Waals surface area contributed by atoms with E-state index in [9.17, 15) is 9.18 Å². The smallest absolute Gasteiger partial charge is 0.290 e. The Morgan fingerprint density at radius 3 is 2.58 bits per heavy atom. The summed E-state index contributed by atoms with van der Waals surface area (Å²) in [4.78, 5) is 15.0. The zero-order valence-electron chi connectivity index (χ0n) is 17.5. The molecule has 0 spiro atoms. The lowest BCUT2D eigenvalue weighted by atomic mass is 10.0. The van der Waals surface area contributed by atoms with Gasteiger partial charge in [-0.15, -0.1) is 0 Å². The van der Waals surface area contributed by atoms with Crippen LogP contribution in [0.5, 0.6) is 17.2 Å². The standard InChI is InChI=1S/C24H24FNO5/c1-28-21-11-5-16(14-23(21)29-2)20-4-3-13-26(20)24(27)22-12-10-19(31-22)15-30-18-8-6-17(25)7-9-18/h5-12,14,20H,3-4,13,15H2,1-2H3. The summed E-state index contributed by atoms with van der Waals surface area (Å²) in [6.45, 7) is 0.804. The Morgan fingerprint density at radius 2 is 1.84 bits per heavy atom. The van der Waals surface area contributed by atoms with Crippen LogP contribution in [0, 0.1) is 5.82 Å². The first kappa shape index (κ1) is 20.8. The van der Waals surface area contributed by atoms with Gasteiger partial charge >= 0.3 is 0 Å². The van der Waals surface area contributed by atoms with Gasteiger partial charge in [0, 0.05) is 6.54 Å². The molecule has 1 fully saturated rings. The monoisotopic (exact) mass is 425 g/mol. The Morgan fingerprint density at radius 1 is 1.06 bits per heavy atom. The second kappa shape index (κ2) is 9.12. The van der Waals surface area contributed by atoms with Gasteiger partial charge in [-0.2, -0.15) is 0 Å². The molecule has 6 nitrogen and oxygen atoms in total. The summed E-state index contributed by atoms with van der Waals surface area (Å²) in [7, 11) is 3.19. The van der Waals surface area contributed by atoms with Crippen LogP contribution in [0.25, 0.3) is 0 Å². The lowest BCUT2D eigenvalue weighted by Gasteiger charge is -2.25. The van der Waals surface area contributed by atoms with Crippen LogP contribution in [0.15, 0.2) is 59.0 Å². The Bertz CT molecular complexity index is 1050. The zero-order chi connectivity index (χ0) is 21.8. The van der Waals surface area contributed by atoms with Crippen molar-refractivity contribution in [3.8, 4) is 17.2 Å². The molecule has 1 aromatic heterocycles. The van der Waals surface area contributed by atoms with Crippen LogP contribution in [0.3, 0.4) is 0 Å². The number of halogens is 1. The molecule has 1 aliphatic heterocycles. The summed E-state index contributed by atoms with van der Waals surface area (Å²) < 4.78 is 35.0. The summed E-state index contributed by atoms with van der Waals surface area (Å²) in [5.41, 5.74) is 0.995. The molecule has 1 aliphatic rings. The largest absolute Gasteiger partial charge is 0.493 e. The molecule has 0 radical (unpaired) electrons. The van der Waals surface area contributed by atoms with Crippen molar-refractivity contribution in [2.45, 2.75) is 25.5 Å². The molecule has 1 amide bonds. The van der Waals surface area contributed by atoms with Gasteiger partial charge in [0.1, 0.15) is 23.9 Å². The lowest BCUT2D eigenvalue weighted by Crippen LogP contribution is -2.30. The van der Waals surface area contributed by atoms with E-state index < -0.39 is 0 Å². The van der Waals surface area contributed by atoms with Crippen LogP contribution in [0.2, 0.25) is 0 Å². The summed E-state index contributed by atoms with van der Waals surface area (Å²) in [5.74, 6) is 2.12. The first-order valence-electron chi connectivity index (χ1n) is 10.1. The van der Waals surface area contributed by atoms with Crippen molar-refractivity contribution in [2.75, 3.05) is 20.8 Å². The van der Waals surface area contributed by atoms with Crippen LogP contribution in [0.4, 0.5) is 4.39 Å². The van der Waals surface area contributed by atoms with Gasteiger partial charge in [0.25, 0.3) is 5.91 Å². The average molecular weight is 425 g/mol. The van der Waals surface area contributed by atoms with Gasteiger partial charge in [-0.3, -0.25) is 4.79 Å². The van der Waals surface area contributed by atoms with Crippen molar-refractivity contribution in [1.29, 1.82) is 0 Å². The van der Waals surface area contributed by atoms with Crippen molar-refractivity contribution in [3.05, 3.63) is 77.5 Å². The van der Waals surface area contributed by atoms with Crippen LogP contribution in [0.1, 0.15) is 40.8 Å². The van der Waals surface area contributed by atoms with E-state index in [0.717, 1.165) is 18.4 Å². The molecule has 2 heterocycles. The summed E-state index contributed by atoms with van der Waals surface area (Å²) in [5, 5.41) is 0. The number of nitrogens with zero attached hydrogens (tertiary/aromatic N) is 1. The minimum atomic E-state index is -0.326. The molecule has 0 N–H and O–H groups in total. The summed E-state index contributed by atoms with van der Waals surface area (Å²) in [6, 6.07) is 14.8. The van der Waals surface area contributed by atoms with Crippen LogP contribution in [-0.4, -0.2) is 31.6 Å². The Hall–Kier alpha value is -3.48. The second-order valence-corrected chi connectivity index (χ2v) is 7.28. The quantitative estimate of drug-likeness (QED) is 0.534. The average Bonchev–Trinajstić information content (AvgIpc) is 3.48. The predicted molar refractivity (Wildman–Crippen MR) is 112 cm³/mol. The third kappa shape index (κ3) is 4.50. The fourth-order valence-corrected chi connectivity index (χ4v) is 3.81. The van der Waals surface area contributed by atoms with Crippen LogP contribution < -0.4 is 14.2 Å². The maximum Gasteiger partial charge on any atom is 0.290 e. The van der Waals surface area contributed by atoms with E-state index in [0.29, 0.717) is 29.6 Å². The van der Waals surface area contributed by atoms with Crippen molar-refractivity contribution >= 4 is 5.91 Å². The number of amides is 1. The molecule has 31 heavy (non-hydrogen) atoms. The highest BCUT2D eigenvalue weighted by Gasteiger charge is 2.32. The molecule has 7 heteroatoms. The van der Waals surface area contributed by atoms with Crippen molar-refractivity contribution in [2.24, 2.45) is 0 Å². The topological polar surface area (TPSA) is 61.1 Å². The van der Waals surface area contributed by atoms with Gasteiger partial charge in [0.15, 0.2) is 17.3 Å². The molecule has 0 aliphatic carbocycles. The van der Waals surface area contributed by atoms with Crippen molar-refractivity contribution in [3.63, 3.8) is 0 Å². The SMILES string of the molecule is COc1ccc(C2CCCN2C(=O)c2ccc(COc3ccc(F)cc3)o2)cc1OC. The molecule has 0 bridgehead atoms. The normalized spacial score (nSPS) is 15.7. The number of carbonyl (C=O) groups is 1. The number of rotatable bonds is 7. The minimum Gasteiger partial charge on any atom is -0.493 e. The van der Waals surface area contributed by atoms with E-state index in [1.54, 1.807) is 38.5 Å². The number of furan rings is 1. The molecule has 3 aromatic rings. The van der Waals surface area contributed by atoms with E-state index in [-0.39, 0.29) is 30.1 Å². The van der Waals surface area contributed by atoms with Gasteiger partial charge in [-0.1, -0.05) is 6.07 Å². The maximum absolute atomic E-state index is 13.1. The fraction of sp³-hybridized carbons (Fsp3) is 0.292. The first-order chi connectivity index (χ1) is 15.1. The molecule has 2 aromatic carbocycles. The number of likely N-dealkylation sites (tertiary alicyclic amines) is 1. The van der Waals surface area contributed by atoms with Crippen molar-refractivity contribution in [1.82, 2.24) is 4.90 Å². The highest BCUT2D eigenvalue weighted by Crippen LogP contribution is 2.37. The minimum absolute atomic E-state index is 0.0590. The van der Waals surface area contributed by atoms with Gasteiger partial charge < -0.3 is 23.5 Å². The Balaban J connectivity index is 1.45. The Kier molecular flexibility index (Phi) is 6.11. The van der Waals surface area contributed by atoms with Crippen LogP contribution >= 0.6 is 0 Å². The third-order valence-corrected chi connectivity index (χ3v) is 5.37. The van der Waals surface area contributed by atoms with E-state index in [1.807, 2.05) is 23.1 Å². The number of hydrogen-bond acceptors (Lipinski definition) is 5. The zero-order valence-corrected chi connectivity index (χ0v) is 17.5. The van der Waals surface area contributed by atoms with Crippen LogP contribution in [-0.2, 0) is 6.61 Å². The lowest BCUT2D eigenvalue weighted by molar-refractivity contribution is 0.0699. The van der Waals surface area contributed by atoms with Gasteiger partial charge in [0.2, 0.25) is 0 Å². The molecular weight excluding hydrogens is 401 g/mol. The van der Waals surface area contributed by atoms with Crippen molar-refractivity contribution < 1.29 is 27.8 Å². The second-order valence-electron chi connectivity index (χ2n) is 7.28. The Labute approximate surface area is 180 Å². The van der Waals surface area contributed by atoms with E-state index in [1.165, 1.54) is 12.1 Å². The number of carbonyl (C=O) groups excluding carboxylic acids is 1. The van der Waals surface area contributed by atoms with E-state index in [2.05, 4.69) is 0 Å². The molecule has 4 rings (SSSR count). The van der Waals surface area contributed by atoms with E-state index in [4.69, 9.17) is 18.6 Å². The summed E-state index contributed by atoms with van der Waals surface area (Å²) >= 11 is 0. The van der Waals surface area contributed by atoms with Gasteiger partial charge in [0.05, 0.1) is 20.3 Å². The maximum atomic E-state index is 13.1. The molecule has 162 valence electrons. The fourth-order valence-electron chi connectivity index (χ4n) is 3.81. The first-order valence-corrected chi connectivity index (χ1v) is 10.1. The highest BCUT2D eigenvalue weighted by molar-refractivity contribution is 5.92. The predicted octanol–water partition coefficient (Wildman–Crippen LogP) is 4.99. The molecular formula is C24H24FNO5. The number of ether oxygens (including phenoxy) is 3. The highest BCUT2D eigenvalue weighted by atomic mass is 19.1. The summed E-state index contributed by atoms with van der Waals surface area (Å²) in [6.07, 6.45) is 1.77. The number of benzene rings is 2. The molecule has 1 atom stereocenters. The van der Waals surface area contributed by atoms with Gasteiger partial charge in [-0.25, -0.2) is 4.39 Å². The number of methoxy groups -OCH3 is 2. The van der Waals surface area contributed by atoms with Gasteiger partial charge in [-0.05, 0) is 66.9 Å².